The van der Waals surface area contributed by atoms with Gasteiger partial charge in [-0.2, -0.15) is 11.2 Å². The topological polar surface area (TPSA) is 15.8 Å². The van der Waals surface area contributed by atoms with E-state index in [1.54, 1.807) is 0 Å². The number of nitrogens with one attached hydrogen (secondary N) is 1. The summed E-state index contributed by atoms with van der Waals surface area (Å²) in [4.78, 5) is 4.87. The highest BCUT2D eigenvalue weighted by atomic mass is 32.4. The quantitative estimate of drug-likeness (QED) is 0.603. The minimum absolute atomic E-state index is 0.783. The zero-order valence-corrected chi connectivity index (χ0v) is 16.3. The Labute approximate surface area is 134 Å². The molecule has 1 heterocycles. The lowest BCUT2D eigenvalue weighted by atomic mass is 10.2. The van der Waals surface area contributed by atoms with E-state index in [0.29, 0.717) is 0 Å². The molecule has 0 aliphatic heterocycles. The Hall–Kier alpha value is -0.673. The van der Waals surface area contributed by atoms with E-state index in [9.17, 15) is 0 Å². The van der Waals surface area contributed by atoms with Crippen molar-refractivity contribution in [1.29, 1.82) is 0 Å². The number of hydrogen-bond acceptors (Lipinski definition) is 1. The summed E-state index contributed by atoms with van der Waals surface area (Å²) >= 11 is 2.21. The first kappa shape index (κ1) is 16.7. The monoisotopic (exact) mass is 319 g/mol. The number of hydrogen-bond donors (Lipinski definition) is 1. The summed E-state index contributed by atoms with van der Waals surface area (Å²) in [7, 11) is -1.44. The van der Waals surface area contributed by atoms with Crippen LogP contribution in [0.15, 0.2) is 29.2 Å². The van der Waals surface area contributed by atoms with Crippen LogP contribution in [0, 0.1) is 6.92 Å². The van der Waals surface area contributed by atoms with Gasteiger partial charge in [-0.25, -0.2) is 0 Å². The second-order valence-corrected chi connectivity index (χ2v) is 15.7. The van der Waals surface area contributed by atoms with Gasteiger partial charge in [0, 0.05) is 21.5 Å². The van der Waals surface area contributed by atoms with E-state index in [2.05, 4.69) is 88.9 Å². The fourth-order valence-corrected chi connectivity index (χ4v) is 13.0. The molecule has 1 N–H and O–H groups in total. The molecule has 0 saturated carbocycles. The van der Waals surface area contributed by atoms with Crippen LogP contribution in [0.4, 0.5) is 0 Å². The van der Waals surface area contributed by atoms with Crippen LogP contribution in [0.25, 0.3) is 10.9 Å². The van der Waals surface area contributed by atoms with Gasteiger partial charge in [-0.05, 0) is 47.8 Å². The molecule has 0 radical (unpaired) electrons. The van der Waals surface area contributed by atoms with Crippen molar-refractivity contribution in [2.24, 2.45) is 0 Å². The molecule has 0 unspecified atom stereocenters. The van der Waals surface area contributed by atoms with Crippen molar-refractivity contribution in [3.05, 3.63) is 30.0 Å². The largest absolute Gasteiger partial charge is 0.359 e. The molecule has 21 heavy (non-hydrogen) atoms. The standard InChI is InChI=1S/C18H29NSSi/c1-12(2)21(13(3)4,14(5)6)20-17-8-9-18-16(11-17)10-15(7)19-18/h8-14,19H,1-7H3. The van der Waals surface area contributed by atoms with Gasteiger partial charge >= 0.3 is 0 Å². The highest BCUT2D eigenvalue weighted by Crippen LogP contribution is 2.52. The summed E-state index contributed by atoms with van der Waals surface area (Å²) in [6, 6.07) is 9.17. The summed E-state index contributed by atoms with van der Waals surface area (Å²) in [5, 5.41) is 1.34. The lowest BCUT2D eigenvalue weighted by Gasteiger charge is -2.42. The fourth-order valence-electron chi connectivity index (χ4n) is 3.88. The van der Waals surface area contributed by atoms with E-state index in [1.165, 1.54) is 21.5 Å². The summed E-state index contributed by atoms with van der Waals surface area (Å²) in [5.41, 5.74) is 4.85. The summed E-state index contributed by atoms with van der Waals surface area (Å²) in [5.74, 6) is 0. The minimum Gasteiger partial charge on any atom is -0.359 e. The molecule has 0 aliphatic carbocycles. The van der Waals surface area contributed by atoms with Crippen LogP contribution in [-0.4, -0.2) is 12.2 Å². The third-order valence-electron chi connectivity index (χ3n) is 4.73. The van der Waals surface area contributed by atoms with Crippen molar-refractivity contribution in [2.45, 2.75) is 70.0 Å². The molecule has 0 fully saturated rings. The first-order valence-corrected chi connectivity index (χ1v) is 11.8. The van der Waals surface area contributed by atoms with Crippen LogP contribution >= 0.6 is 11.2 Å². The molecule has 0 atom stereocenters. The highest BCUT2D eigenvalue weighted by Gasteiger charge is 2.44. The third-order valence-corrected chi connectivity index (χ3v) is 17.0. The molecule has 0 spiro atoms. The predicted molar refractivity (Wildman–Crippen MR) is 99.9 cm³/mol. The van der Waals surface area contributed by atoms with Gasteiger partial charge in [0.25, 0.3) is 0 Å². The molecule has 0 bridgehead atoms. The van der Waals surface area contributed by atoms with Gasteiger partial charge < -0.3 is 4.98 Å². The number of aromatic nitrogens is 1. The third kappa shape index (κ3) is 3.09. The lowest BCUT2D eigenvalue weighted by Crippen LogP contribution is -2.40. The number of fused-ring (bicyclic) bond motifs is 1. The molecule has 1 aromatic carbocycles. The molecule has 3 heteroatoms. The molecule has 0 saturated heterocycles. The lowest BCUT2D eigenvalue weighted by molar-refractivity contribution is 0.851. The van der Waals surface area contributed by atoms with E-state index in [4.69, 9.17) is 0 Å². The molecule has 0 amide bonds. The van der Waals surface area contributed by atoms with E-state index >= 15 is 0 Å². The van der Waals surface area contributed by atoms with Gasteiger partial charge in [0.05, 0.1) is 0 Å². The second kappa shape index (κ2) is 6.21. The Morgan fingerprint density at radius 1 is 0.905 bits per heavy atom. The second-order valence-electron chi connectivity index (χ2n) is 7.12. The molecule has 0 aliphatic rings. The molecule has 1 aromatic heterocycles. The van der Waals surface area contributed by atoms with Crippen molar-refractivity contribution in [3.63, 3.8) is 0 Å². The van der Waals surface area contributed by atoms with Gasteiger partial charge in [-0.15, -0.1) is 0 Å². The van der Waals surface area contributed by atoms with Gasteiger partial charge in [0.2, 0.25) is 0 Å². The SMILES string of the molecule is Cc1cc2cc(S[Si](C(C)C)(C(C)C)C(C)C)ccc2[nH]1. The van der Waals surface area contributed by atoms with Crippen molar-refractivity contribution >= 4 is 29.3 Å². The van der Waals surface area contributed by atoms with Crippen molar-refractivity contribution in [3.8, 4) is 0 Å². The van der Waals surface area contributed by atoms with Gasteiger partial charge in [-0.3, -0.25) is 0 Å². The number of aromatic amines is 1. The van der Waals surface area contributed by atoms with Crippen LogP contribution in [0.1, 0.15) is 47.2 Å². The number of aryl methyl sites for hydroxylation is 1. The normalized spacial score (nSPS) is 13.0. The molecule has 116 valence electrons. The zero-order chi connectivity index (χ0) is 15.8. The van der Waals surface area contributed by atoms with Gasteiger partial charge in [-0.1, -0.05) is 41.5 Å². The van der Waals surface area contributed by atoms with E-state index in [1.807, 2.05) is 0 Å². The Balaban J connectivity index is 2.42. The molecular formula is C18H29NSSi. The highest BCUT2D eigenvalue weighted by molar-refractivity contribution is 8.29. The molecule has 2 aromatic rings. The van der Waals surface area contributed by atoms with Crippen LogP contribution in [0.2, 0.25) is 16.6 Å². The zero-order valence-electron chi connectivity index (χ0n) is 14.4. The van der Waals surface area contributed by atoms with Gasteiger partial charge in [0.15, 0.2) is 0 Å². The average molecular weight is 320 g/mol. The van der Waals surface area contributed by atoms with Crippen LogP contribution in [0.3, 0.4) is 0 Å². The molecule has 1 nitrogen and oxygen atoms in total. The average Bonchev–Trinajstić information content (AvgIpc) is 2.73. The summed E-state index contributed by atoms with van der Waals surface area (Å²) in [6.45, 7) is 16.7. The number of H-pyrrole nitrogens is 1. The number of rotatable bonds is 5. The Morgan fingerprint density at radius 3 is 2.00 bits per heavy atom. The van der Waals surface area contributed by atoms with E-state index < -0.39 is 7.22 Å². The van der Waals surface area contributed by atoms with Crippen molar-refractivity contribution in [1.82, 2.24) is 4.98 Å². The van der Waals surface area contributed by atoms with Crippen LogP contribution < -0.4 is 0 Å². The van der Waals surface area contributed by atoms with Crippen LogP contribution in [0.5, 0.6) is 0 Å². The first-order valence-electron chi connectivity index (χ1n) is 8.05. The fraction of sp³-hybridized carbons (Fsp3) is 0.556. The van der Waals surface area contributed by atoms with Crippen LogP contribution in [-0.2, 0) is 0 Å². The Bertz CT molecular complexity index is 591. The maximum Gasteiger partial charge on any atom is 0.131 e. The maximum atomic E-state index is 3.42. The van der Waals surface area contributed by atoms with E-state index in [0.717, 1.165) is 16.6 Å². The van der Waals surface area contributed by atoms with Crippen molar-refractivity contribution in [2.75, 3.05) is 0 Å². The molecular weight excluding hydrogens is 290 g/mol. The summed E-state index contributed by atoms with van der Waals surface area (Å²) < 4.78 is 0. The van der Waals surface area contributed by atoms with Gasteiger partial charge in [0.1, 0.15) is 7.22 Å². The smallest absolute Gasteiger partial charge is 0.131 e. The molecule has 2 rings (SSSR count). The Kier molecular flexibility index (Phi) is 4.94. The Morgan fingerprint density at radius 2 is 1.48 bits per heavy atom. The summed E-state index contributed by atoms with van der Waals surface area (Å²) in [6.07, 6.45) is 0. The minimum atomic E-state index is -1.44. The maximum absolute atomic E-state index is 3.42. The van der Waals surface area contributed by atoms with E-state index in [-0.39, 0.29) is 0 Å². The first-order chi connectivity index (χ1) is 9.77. The predicted octanol–water partition coefficient (Wildman–Crippen LogP) is 6.74. The number of benzene rings is 1. The van der Waals surface area contributed by atoms with Crippen molar-refractivity contribution < 1.29 is 0 Å².